The van der Waals surface area contributed by atoms with E-state index in [9.17, 15) is 0 Å². The maximum Gasteiger partial charge on any atom is 0.0157 e. The van der Waals surface area contributed by atoms with Crippen molar-refractivity contribution in [2.75, 3.05) is 19.6 Å². The second-order valence-electron chi connectivity index (χ2n) is 8.87. The van der Waals surface area contributed by atoms with Crippen LogP contribution in [0.4, 0.5) is 0 Å². The van der Waals surface area contributed by atoms with Crippen LogP contribution in [-0.2, 0) is 0 Å². The molecule has 2 aromatic carbocycles. The van der Waals surface area contributed by atoms with E-state index in [0.29, 0.717) is 0 Å². The van der Waals surface area contributed by atoms with Crippen LogP contribution in [0.1, 0.15) is 69.6 Å². The van der Waals surface area contributed by atoms with Gasteiger partial charge in [-0.3, -0.25) is 0 Å². The van der Waals surface area contributed by atoms with Gasteiger partial charge in [0.2, 0.25) is 0 Å². The van der Waals surface area contributed by atoms with Crippen molar-refractivity contribution in [2.45, 2.75) is 66.7 Å². The Bertz CT molecular complexity index is 829. The average Bonchev–Trinajstić information content (AvgIpc) is 2.82. The highest BCUT2D eigenvalue weighted by atomic mass is 14.9. The number of aryl methyl sites for hydroxylation is 2. The summed E-state index contributed by atoms with van der Waals surface area (Å²) >= 11 is 0. The van der Waals surface area contributed by atoms with E-state index in [0.717, 1.165) is 34.5 Å². The molecule has 1 aliphatic rings. The molecular formula is C31H46N2. The topological polar surface area (TPSA) is 24.1 Å². The van der Waals surface area contributed by atoms with Crippen molar-refractivity contribution in [1.29, 1.82) is 0 Å². The molecule has 2 aromatic rings. The minimum absolute atomic E-state index is 1.00. The minimum Gasteiger partial charge on any atom is -0.388 e. The Kier molecular flexibility index (Phi) is 14.6. The number of hydrogen-bond donors (Lipinski definition) is 2. The van der Waals surface area contributed by atoms with Crippen molar-refractivity contribution in [3.05, 3.63) is 101 Å². The Morgan fingerprint density at radius 3 is 1.82 bits per heavy atom. The quantitative estimate of drug-likeness (QED) is 0.332. The van der Waals surface area contributed by atoms with Crippen LogP contribution in [0.2, 0.25) is 0 Å². The molecule has 0 aromatic heterocycles. The van der Waals surface area contributed by atoms with Gasteiger partial charge < -0.3 is 10.6 Å². The fourth-order valence-corrected chi connectivity index (χ4v) is 3.58. The maximum absolute atomic E-state index is 4.27. The van der Waals surface area contributed by atoms with E-state index >= 15 is 0 Å². The average molecular weight is 447 g/mol. The van der Waals surface area contributed by atoms with E-state index in [2.05, 4.69) is 87.9 Å². The number of rotatable bonds is 7. The number of nitrogens with one attached hydrogen (secondary N) is 2. The molecule has 2 heteroatoms. The van der Waals surface area contributed by atoms with Gasteiger partial charge in [-0.05, 0) is 76.8 Å². The molecule has 3 rings (SSSR count). The van der Waals surface area contributed by atoms with Gasteiger partial charge >= 0.3 is 0 Å². The molecule has 0 bridgehead atoms. The molecule has 0 aliphatic carbocycles. The zero-order chi connectivity index (χ0) is 24.5. The zero-order valence-electron chi connectivity index (χ0n) is 21.8. The van der Waals surface area contributed by atoms with Crippen molar-refractivity contribution < 1.29 is 0 Å². The lowest BCUT2D eigenvalue weighted by Gasteiger charge is -2.17. The molecule has 0 amide bonds. The first kappa shape index (κ1) is 28.5. The van der Waals surface area contributed by atoms with Crippen LogP contribution in [0.3, 0.4) is 0 Å². The normalized spacial score (nSPS) is 13.4. The Morgan fingerprint density at radius 2 is 1.42 bits per heavy atom. The predicted molar refractivity (Wildman–Crippen MR) is 149 cm³/mol. The predicted octanol–water partition coefficient (Wildman–Crippen LogP) is 8.00. The van der Waals surface area contributed by atoms with Crippen LogP contribution in [0.15, 0.2) is 84.6 Å². The molecule has 1 heterocycles. The molecule has 1 fully saturated rings. The lowest BCUT2D eigenvalue weighted by Crippen LogP contribution is -2.21. The first-order valence-electron chi connectivity index (χ1n) is 12.5. The molecular weight excluding hydrogens is 400 g/mol. The van der Waals surface area contributed by atoms with E-state index in [1.165, 1.54) is 56.3 Å². The number of unbranched alkanes of at least 4 members (excludes halogenated alkanes) is 1. The molecule has 0 atom stereocenters. The molecule has 0 spiro atoms. The Hall–Kier alpha value is -2.58. The molecule has 0 radical (unpaired) electrons. The molecule has 1 aliphatic heterocycles. The van der Waals surface area contributed by atoms with E-state index in [1.54, 1.807) is 0 Å². The zero-order valence-corrected chi connectivity index (χ0v) is 21.8. The summed E-state index contributed by atoms with van der Waals surface area (Å²) in [6, 6.07) is 18.8. The summed E-state index contributed by atoms with van der Waals surface area (Å²) in [5.41, 5.74) is 8.14. The lowest BCUT2D eigenvalue weighted by atomic mass is 9.93. The van der Waals surface area contributed by atoms with Gasteiger partial charge in [-0.25, -0.2) is 0 Å². The van der Waals surface area contributed by atoms with Gasteiger partial charge in [-0.1, -0.05) is 98.6 Å². The number of piperidine rings is 1. The van der Waals surface area contributed by atoms with Crippen molar-refractivity contribution in [3.8, 4) is 0 Å². The number of allylic oxidation sites excluding steroid dienone is 4. The second-order valence-corrected chi connectivity index (χ2v) is 8.87. The van der Waals surface area contributed by atoms with E-state index in [4.69, 9.17) is 0 Å². The summed E-state index contributed by atoms with van der Waals surface area (Å²) in [5.74, 6) is 0. The highest BCUT2D eigenvalue weighted by Crippen LogP contribution is 2.28. The number of benzene rings is 2. The van der Waals surface area contributed by atoms with Crippen LogP contribution in [0.5, 0.6) is 0 Å². The summed E-state index contributed by atoms with van der Waals surface area (Å²) < 4.78 is 0. The molecule has 2 nitrogen and oxygen atoms in total. The highest BCUT2D eigenvalue weighted by molar-refractivity contribution is 5.82. The van der Waals surface area contributed by atoms with Crippen LogP contribution in [0, 0.1) is 13.8 Å². The third kappa shape index (κ3) is 12.3. The molecule has 2 N–H and O–H groups in total. The van der Waals surface area contributed by atoms with Crippen LogP contribution in [0.25, 0.3) is 5.57 Å². The monoisotopic (exact) mass is 446 g/mol. The summed E-state index contributed by atoms with van der Waals surface area (Å²) in [6.45, 7) is 22.4. The Labute approximate surface area is 203 Å². The second kappa shape index (κ2) is 17.0. The van der Waals surface area contributed by atoms with Gasteiger partial charge in [0.25, 0.3) is 0 Å². The van der Waals surface area contributed by atoms with E-state index in [1.807, 2.05) is 25.1 Å². The SMILES string of the molecule is C1CCNCC1.C=C(C)/C(C(=C)c1ccc(C)cc1)=C(/C)NCCCC.Cc1ccccc1. The molecule has 33 heavy (non-hydrogen) atoms. The van der Waals surface area contributed by atoms with Gasteiger partial charge in [-0.2, -0.15) is 0 Å². The van der Waals surface area contributed by atoms with Crippen LogP contribution in [-0.4, -0.2) is 19.6 Å². The summed E-state index contributed by atoms with van der Waals surface area (Å²) in [5, 5.41) is 6.77. The largest absolute Gasteiger partial charge is 0.388 e. The van der Waals surface area contributed by atoms with Gasteiger partial charge in [0, 0.05) is 17.8 Å². The van der Waals surface area contributed by atoms with Crippen LogP contribution >= 0.6 is 0 Å². The third-order valence-corrected chi connectivity index (χ3v) is 5.57. The van der Waals surface area contributed by atoms with Crippen molar-refractivity contribution in [1.82, 2.24) is 10.6 Å². The van der Waals surface area contributed by atoms with Gasteiger partial charge in [-0.15, -0.1) is 0 Å². The van der Waals surface area contributed by atoms with Crippen molar-refractivity contribution in [3.63, 3.8) is 0 Å². The van der Waals surface area contributed by atoms with E-state index < -0.39 is 0 Å². The van der Waals surface area contributed by atoms with Gasteiger partial charge in [0.05, 0.1) is 0 Å². The maximum atomic E-state index is 4.27. The Morgan fingerprint density at radius 1 is 0.848 bits per heavy atom. The first-order valence-corrected chi connectivity index (χ1v) is 12.5. The fraction of sp³-hybridized carbons (Fsp3) is 0.419. The summed E-state index contributed by atoms with van der Waals surface area (Å²) in [6.07, 6.45) is 6.59. The molecule has 1 saturated heterocycles. The standard InChI is InChI=1S/C19H27N.C7H8.C5H11N/c1-7-8-13-20-17(6)19(14(2)3)16(5)18-11-9-15(4)10-12-18;1-7-5-3-2-4-6-7;1-2-4-6-5-3-1/h9-12,20H,2,5,7-8,13H2,1,3-4,6H3;2-6H,1H3;6H,1-5H2/b19-17+;;. The third-order valence-electron chi connectivity index (χ3n) is 5.57. The molecule has 0 unspecified atom stereocenters. The molecule has 0 saturated carbocycles. The molecule has 180 valence electrons. The van der Waals surface area contributed by atoms with Gasteiger partial charge in [0.1, 0.15) is 0 Å². The first-order chi connectivity index (χ1) is 15.9. The Balaban J connectivity index is 0.000000335. The lowest BCUT2D eigenvalue weighted by molar-refractivity contribution is 0.520. The van der Waals surface area contributed by atoms with Crippen molar-refractivity contribution >= 4 is 5.57 Å². The summed E-state index contributed by atoms with van der Waals surface area (Å²) in [7, 11) is 0. The van der Waals surface area contributed by atoms with Crippen molar-refractivity contribution in [2.24, 2.45) is 0 Å². The van der Waals surface area contributed by atoms with Crippen LogP contribution < -0.4 is 10.6 Å². The number of hydrogen-bond acceptors (Lipinski definition) is 2. The van der Waals surface area contributed by atoms with E-state index in [-0.39, 0.29) is 0 Å². The smallest absolute Gasteiger partial charge is 0.0157 e. The fourth-order valence-electron chi connectivity index (χ4n) is 3.58. The summed E-state index contributed by atoms with van der Waals surface area (Å²) in [4.78, 5) is 0. The highest BCUT2D eigenvalue weighted by Gasteiger charge is 2.10. The van der Waals surface area contributed by atoms with Gasteiger partial charge in [0.15, 0.2) is 0 Å². The minimum atomic E-state index is 1.00.